The quantitative estimate of drug-likeness (QED) is 0.417. The summed E-state index contributed by atoms with van der Waals surface area (Å²) in [5.74, 6) is -1.77. The SMILES string of the molecule is COC(CC(C)=O)C(C)C(=O)C(C)/C=C(\C)C1OC(=O)C(O)C(O)/C=C/C(C)CCCC1C. The van der Waals surface area contributed by atoms with Crippen molar-refractivity contribution in [3.05, 3.63) is 23.8 Å². The summed E-state index contributed by atoms with van der Waals surface area (Å²) in [6.45, 7) is 10.8. The molecule has 0 saturated heterocycles. The highest BCUT2D eigenvalue weighted by molar-refractivity contribution is 5.86. The fraction of sp³-hybridized carbons (Fsp3) is 0.731. The van der Waals surface area contributed by atoms with Crippen LogP contribution in [-0.4, -0.2) is 59.3 Å². The van der Waals surface area contributed by atoms with E-state index < -0.39 is 42.2 Å². The summed E-state index contributed by atoms with van der Waals surface area (Å²) in [5.41, 5.74) is 0.715. The molecule has 8 unspecified atom stereocenters. The van der Waals surface area contributed by atoms with Crippen molar-refractivity contribution in [1.82, 2.24) is 0 Å². The third-order valence-corrected chi connectivity index (χ3v) is 6.49. The number of carbonyl (C=O) groups excluding carboxylic acids is 3. The smallest absolute Gasteiger partial charge is 0.338 e. The molecule has 0 aliphatic carbocycles. The molecule has 0 fully saturated rings. The van der Waals surface area contributed by atoms with Gasteiger partial charge in [-0.05, 0) is 44.1 Å². The maximum absolute atomic E-state index is 13.0. The minimum Gasteiger partial charge on any atom is -0.456 e. The number of hydrogen-bond donors (Lipinski definition) is 2. The van der Waals surface area contributed by atoms with Crippen molar-refractivity contribution < 1.29 is 34.1 Å². The number of carbonyl (C=O) groups is 3. The van der Waals surface area contributed by atoms with E-state index in [9.17, 15) is 24.6 Å². The van der Waals surface area contributed by atoms with Gasteiger partial charge in [-0.2, -0.15) is 0 Å². The number of allylic oxidation sites excluding steroid dienone is 2. The average molecular weight is 467 g/mol. The largest absolute Gasteiger partial charge is 0.456 e. The van der Waals surface area contributed by atoms with Gasteiger partial charge in [0.1, 0.15) is 23.8 Å². The Morgan fingerprint density at radius 2 is 1.82 bits per heavy atom. The Morgan fingerprint density at radius 1 is 1.18 bits per heavy atom. The first-order valence-electron chi connectivity index (χ1n) is 11.9. The van der Waals surface area contributed by atoms with Crippen LogP contribution in [0.1, 0.15) is 67.2 Å². The summed E-state index contributed by atoms with van der Waals surface area (Å²) in [6, 6.07) is 0. The van der Waals surface area contributed by atoms with Crippen LogP contribution in [-0.2, 0) is 23.9 Å². The van der Waals surface area contributed by atoms with Gasteiger partial charge in [0.25, 0.3) is 0 Å². The van der Waals surface area contributed by atoms with E-state index in [2.05, 4.69) is 0 Å². The number of rotatable bonds is 8. The highest BCUT2D eigenvalue weighted by Gasteiger charge is 2.32. The monoisotopic (exact) mass is 466 g/mol. The molecule has 1 aliphatic rings. The zero-order valence-corrected chi connectivity index (χ0v) is 21.1. The van der Waals surface area contributed by atoms with E-state index in [1.807, 2.05) is 26.8 Å². The lowest BCUT2D eigenvalue weighted by Crippen LogP contribution is -2.39. The zero-order valence-electron chi connectivity index (χ0n) is 21.1. The van der Waals surface area contributed by atoms with Gasteiger partial charge in [-0.3, -0.25) is 9.59 Å². The third-order valence-electron chi connectivity index (χ3n) is 6.49. The Bertz CT molecular complexity index is 726. The standard InChI is InChI=1S/C26H42O7/c1-15-9-8-10-16(2)25(33-26(31)24(30)21(28)12-11-15)18(4)13-17(3)23(29)20(6)22(32-7)14-19(5)27/h11-13,15-17,20-22,24-25,28,30H,8-10,14H2,1-7H3/b12-11+,18-13+. The van der Waals surface area contributed by atoms with Gasteiger partial charge in [-0.25, -0.2) is 4.79 Å². The predicted octanol–water partition coefficient (Wildman–Crippen LogP) is 3.41. The van der Waals surface area contributed by atoms with Crippen molar-refractivity contribution in [2.75, 3.05) is 7.11 Å². The number of methoxy groups -OCH3 is 1. The van der Waals surface area contributed by atoms with Crippen LogP contribution in [0.3, 0.4) is 0 Å². The minimum absolute atomic E-state index is 0.0330. The van der Waals surface area contributed by atoms with E-state index in [1.54, 1.807) is 19.9 Å². The first-order valence-corrected chi connectivity index (χ1v) is 11.9. The summed E-state index contributed by atoms with van der Waals surface area (Å²) < 4.78 is 11.0. The molecule has 33 heavy (non-hydrogen) atoms. The summed E-state index contributed by atoms with van der Waals surface area (Å²) >= 11 is 0. The topological polar surface area (TPSA) is 110 Å². The van der Waals surface area contributed by atoms with Gasteiger partial charge < -0.3 is 19.7 Å². The first-order chi connectivity index (χ1) is 15.4. The summed E-state index contributed by atoms with van der Waals surface area (Å²) in [5, 5.41) is 20.3. The van der Waals surface area contributed by atoms with E-state index in [0.717, 1.165) is 19.3 Å². The summed E-state index contributed by atoms with van der Waals surface area (Å²) in [6.07, 6.45) is 3.70. The van der Waals surface area contributed by atoms with E-state index in [1.165, 1.54) is 20.1 Å². The van der Waals surface area contributed by atoms with Crippen molar-refractivity contribution >= 4 is 17.5 Å². The van der Waals surface area contributed by atoms with Crippen LogP contribution in [0.2, 0.25) is 0 Å². The van der Waals surface area contributed by atoms with Crippen LogP contribution in [0.5, 0.6) is 0 Å². The lowest BCUT2D eigenvalue weighted by Gasteiger charge is -2.28. The number of aliphatic hydroxyl groups is 2. The van der Waals surface area contributed by atoms with E-state index >= 15 is 0 Å². The van der Waals surface area contributed by atoms with E-state index in [0.29, 0.717) is 5.57 Å². The second kappa shape index (κ2) is 13.8. The van der Waals surface area contributed by atoms with E-state index in [-0.39, 0.29) is 29.8 Å². The number of Topliss-reactive ketones (excluding diaryl/α,β-unsaturated/α-hetero) is 2. The van der Waals surface area contributed by atoms with Crippen molar-refractivity contribution in [2.24, 2.45) is 23.7 Å². The van der Waals surface area contributed by atoms with Crippen molar-refractivity contribution in [3.8, 4) is 0 Å². The fourth-order valence-electron chi connectivity index (χ4n) is 4.33. The molecule has 7 nitrogen and oxygen atoms in total. The second-order valence-corrected chi connectivity index (χ2v) is 9.63. The Kier molecular flexibility index (Phi) is 12.2. The number of hydrogen-bond acceptors (Lipinski definition) is 7. The Morgan fingerprint density at radius 3 is 2.39 bits per heavy atom. The molecular weight excluding hydrogens is 424 g/mol. The number of cyclic esters (lactones) is 1. The molecule has 2 N–H and O–H groups in total. The molecule has 1 heterocycles. The van der Waals surface area contributed by atoms with Crippen LogP contribution in [0.15, 0.2) is 23.8 Å². The van der Waals surface area contributed by atoms with Crippen molar-refractivity contribution in [1.29, 1.82) is 0 Å². The van der Waals surface area contributed by atoms with Gasteiger partial charge in [0, 0.05) is 25.4 Å². The van der Waals surface area contributed by atoms with Crippen molar-refractivity contribution in [2.45, 2.75) is 91.6 Å². The molecule has 0 saturated carbocycles. The molecular formula is C26H42O7. The average Bonchev–Trinajstić information content (AvgIpc) is 2.76. The molecule has 0 radical (unpaired) electrons. The van der Waals surface area contributed by atoms with Crippen LogP contribution >= 0.6 is 0 Å². The maximum atomic E-state index is 13.0. The normalized spacial score (nSPS) is 31.4. The molecule has 1 rings (SSSR count). The molecule has 8 atom stereocenters. The van der Waals surface area contributed by atoms with Gasteiger partial charge >= 0.3 is 5.97 Å². The molecule has 0 amide bonds. The van der Waals surface area contributed by atoms with Crippen LogP contribution < -0.4 is 0 Å². The maximum Gasteiger partial charge on any atom is 0.338 e. The molecule has 0 spiro atoms. The predicted molar refractivity (Wildman–Crippen MR) is 126 cm³/mol. The number of aliphatic hydroxyl groups excluding tert-OH is 2. The zero-order chi connectivity index (χ0) is 25.3. The summed E-state index contributed by atoms with van der Waals surface area (Å²) in [4.78, 5) is 37.0. The highest BCUT2D eigenvalue weighted by Crippen LogP contribution is 2.27. The van der Waals surface area contributed by atoms with Crippen LogP contribution in [0.4, 0.5) is 0 Å². The number of ketones is 2. The molecule has 7 heteroatoms. The van der Waals surface area contributed by atoms with Crippen LogP contribution in [0, 0.1) is 23.7 Å². The molecule has 1 aliphatic heterocycles. The molecule has 0 aromatic rings. The molecule has 0 bridgehead atoms. The second-order valence-electron chi connectivity index (χ2n) is 9.63. The Balaban J connectivity index is 3.09. The molecule has 0 aromatic carbocycles. The fourth-order valence-corrected chi connectivity index (χ4v) is 4.33. The lowest BCUT2D eigenvalue weighted by atomic mass is 9.85. The molecule has 0 aromatic heterocycles. The first kappa shape index (κ1) is 29.2. The minimum atomic E-state index is -1.68. The Labute approximate surface area is 198 Å². The van der Waals surface area contributed by atoms with Gasteiger partial charge in [0.15, 0.2) is 6.10 Å². The van der Waals surface area contributed by atoms with E-state index in [4.69, 9.17) is 9.47 Å². The Hall–Kier alpha value is -1.83. The number of esters is 1. The van der Waals surface area contributed by atoms with Gasteiger partial charge in [0.05, 0.1) is 6.10 Å². The lowest BCUT2D eigenvalue weighted by molar-refractivity contribution is -0.164. The number of ether oxygens (including phenoxy) is 2. The van der Waals surface area contributed by atoms with Crippen LogP contribution in [0.25, 0.3) is 0 Å². The third kappa shape index (κ3) is 9.14. The van der Waals surface area contributed by atoms with Gasteiger partial charge in [0.2, 0.25) is 0 Å². The van der Waals surface area contributed by atoms with Crippen molar-refractivity contribution in [3.63, 3.8) is 0 Å². The van der Waals surface area contributed by atoms with Gasteiger partial charge in [-0.15, -0.1) is 0 Å². The summed E-state index contributed by atoms with van der Waals surface area (Å²) in [7, 11) is 1.49. The molecule has 188 valence electrons. The van der Waals surface area contributed by atoms with Gasteiger partial charge in [-0.1, -0.05) is 52.3 Å². The highest BCUT2D eigenvalue weighted by atomic mass is 16.6.